The molecule has 1 aliphatic heterocycles. The normalized spacial score (nSPS) is 23.6. The van der Waals surface area contributed by atoms with Crippen molar-refractivity contribution in [3.63, 3.8) is 0 Å². The molecule has 1 aliphatic carbocycles. The maximum absolute atomic E-state index is 12.4. The van der Waals surface area contributed by atoms with Gasteiger partial charge in [0.25, 0.3) is 0 Å². The predicted molar refractivity (Wildman–Crippen MR) is 85.1 cm³/mol. The van der Waals surface area contributed by atoms with Gasteiger partial charge in [0, 0.05) is 23.7 Å². The molecule has 2 atom stereocenters. The highest BCUT2D eigenvalue weighted by Crippen LogP contribution is 2.31. The van der Waals surface area contributed by atoms with Gasteiger partial charge in [-0.2, -0.15) is 0 Å². The van der Waals surface area contributed by atoms with Gasteiger partial charge in [-0.25, -0.2) is 0 Å². The third-order valence-corrected chi connectivity index (χ3v) is 4.67. The average molecular weight is 316 g/mol. The summed E-state index contributed by atoms with van der Waals surface area (Å²) in [4.78, 5) is 34.9. The Morgan fingerprint density at radius 2 is 1.96 bits per heavy atom. The summed E-state index contributed by atoms with van der Waals surface area (Å²) >= 11 is 0. The van der Waals surface area contributed by atoms with Crippen LogP contribution in [0.4, 0.5) is 11.4 Å². The third kappa shape index (κ3) is 3.52. The molecule has 0 radical (unpaired) electrons. The largest absolute Gasteiger partial charge is 0.481 e. The minimum Gasteiger partial charge on any atom is -0.481 e. The molecule has 23 heavy (non-hydrogen) atoms. The van der Waals surface area contributed by atoms with Crippen molar-refractivity contribution in [3.8, 4) is 0 Å². The number of amides is 2. The first-order valence-corrected chi connectivity index (χ1v) is 7.99. The van der Waals surface area contributed by atoms with Crippen LogP contribution in [0.25, 0.3) is 0 Å². The van der Waals surface area contributed by atoms with E-state index in [1.54, 1.807) is 6.07 Å². The molecule has 2 unspecified atom stereocenters. The van der Waals surface area contributed by atoms with Crippen LogP contribution < -0.4 is 10.6 Å². The van der Waals surface area contributed by atoms with Gasteiger partial charge in [-0.3, -0.25) is 14.4 Å². The van der Waals surface area contributed by atoms with Crippen molar-refractivity contribution < 1.29 is 19.5 Å². The fourth-order valence-corrected chi connectivity index (χ4v) is 3.35. The van der Waals surface area contributed by atoms with Crippen molar-refractivity contribution in [2.24, 2.45) is 11.8 Å². The van der Waals surface area contributed by atoms with E-state index in [1.807, 2.05) is 12.1 Å². The number of aryl methyl sites for hydroxylation is 1. The van der Waals surface area contributed by atoms with Gasteiger partial charge in [-0.1, -0.05) is 12.5 Å². The van der Waals surface area contributed by atoms with Gasteiger partial charge in [-0.05, 0) is 43.4 Å². The van der Waals surface area contributed by atoms with E-state index >= 15 is 0 Å². The number of hydrogen-bond donors (Lipinski definition) is 3. The Bertz CT molecular complexity index is 656. The average Bonchev–Trinajstić information content (AvgIpc) is 2.54. The summed E-state index contributed by atoms with van der Waals surface area (Å²) in [6.45, 7) is 0. The lowest BCUT2D eigenvalue weighted by molar-refractivity contribution is -0.143. The van der Waals surface area contributed by atoms with E-state index in [0.29, 0.717) is 31.4 Å². The van der Waals surface area contributed by atoms with Gasteiger partial charge in [0.05, 0.1) is 5.92 Å². The Kier molecular flexibility index (Phi) is 4.32. The number of carbonyl (C=O) groups is 3. The molecule has 1 aromatic rings. The molecule has 6 heteroatoms. The van der Waals surface area contributed by atoms with E-state index < -0.39 is 11.9 Å². The predicted octanol–water partition coefficient (Wildman–Crippen LogP) is 2.40. The smallest absolute Gasteiger partial charge is 0.306 e. The maximum atomic E-state index is 12.4. The Balaban J connectivity index is 1.67. The summed E-state index contributed by atoms with van der Waals surface area (Å²) in [5, 5.41) is 14.8. The van der Waals surface area contributed by atoms with E-state index in [1.165, 1.54) is 0 Å². The summed E-state index contributed by atoms with van der Waals surface area (Å²) in [6.07, 6.45) is 3.70. The lowest BCUT2D eigenvalue weighted by Crippen LogP contribution is -2.31. The highest BCUT2D eigenvalue weighted by Gasteiger charge is 2.31. The Hall–Kier alpha value is -2.37. The van der Waals surface area contributed by atoms with Gasteiger partial charge in [0.15, 0.2) is 0 Å². The molecular weight excluding hydrogens is 296 g/mol. The first-order chi connectivity index (χ1) is 11.0. The van der Waals surface area contributed by atoms with E-state index in [2.05, 4.69) is 10.6 Å². The topological polar surface area (TPSA) is 95.5 Å². The van der Waals surface area contributed by atoms with Crippen molar-refractivity contribution >= 4 is 29.2 Å². The number of hydrogen-bond acceptors (Lipinski definition) is 3. The molecule has 0 bridgehead atoms. The fourth-order valence-electron chi connectivity index (χ4n) is 3.35. The summed E-state index contributed by atoms with van der Waals surface area (Å²) in [5.74, 6) is -1.67. The summed E-state index contributed by atoms with van der Waals surface area (Å²) < 4.78 is 0. The number of carboxylic acids is 1. The molecule has 0 spiro atoms. The number of nitrogens with one attached hydrogen (secondary N) is 2. The first-order valence-electron chi connectivity index (χ1n) is 7.99. The molecule has 122 valence electrons. The number of rotatable bonds is 3. The maximum Gasteiger partial charge on any atom is 0.306 e. The molecule has 0 saturated heterocycles. The van der Waals surface area contributed by atoms with Crippen LogP contribution in [-0.2, 0) is 20.8 Å². The minimum atomic E-state index is -0.820. The van der Waals surface area contributed by atoms with Crippen LogP contribution in [0.1, 0.15) is 37.7 Å². The molecule has 2 aliphatic rings. The van der Waals surface area contributed by atoms with Gasteiger partial charge in [-0.15, -0.1) is 0 Å². The van der Waals surface area contributed by atoms with Crippen molar-refractivity contribution in [2.45, 2.75) is 38.5 Å². The second-order valence-electron chi connectivity index (χ2n) is 6.31. The summed E-state index contributed by atoms with van der Waals surface area (Å²) in [7, 11) is 0. The first kappa shape index (κ1) is 15.5. The number of aliphatic carboxylic acids is 1. The monoisotopic (exact) mass is 316 g/mol. The molecule has 3 rings (SSSR count). The zero-order valence-corrected chi connectivity index (χ0v) is 12.8. The molecule has 1 saturated carbocycles. The molecular formula is C17H20N2O4. The summed E-state index contributed by atoms with van der Waals surface area (Å²) in [5.41, 5.74) is 2.44. The van der Waals surface area contributed by atoms with Crippen LogP contribution in [0, 0.1) is 11.8 Å². The van der Waals surface area contributed by atoms with Crippen LogP contribution in [-0.4, -0.2) is 22.9 Å². The van der Waals surface area contributed by atoms with Crippen LogP contribution in [0.3, 0.4) is 0 Å². The van der Waals surface area contributed by atoms with E-state index in [-0.39, 0.29) is 17.7 Å². The van der Waals surface area contributed by atoms with Crippen LogP contribution in [0.5, 0.6) is 0 Å². The Morgan fingerprint density at radius 3 is 2.74 bits per heavy atom. The second-order valence-corrected chi connectivity index (χ2v) is 6.31. The summed E-state index contributed by atoms with van der Waals surface area (Å²) in [6, 6.07) is 5.50. The molecule has 0 aromatic heterocycles. The molecule has 6 nitrogen and oxygen atoms in total. The number of anilines is 2. The number of carboxylic acid groups (broad SMARTS) is 1. The van der Waals surface area contributed by atoms with Gasteiger partial charge < -0.3 is 15.7 Å². The quantitative estimate of drug-likeness (QED) is 0.798. The minimum absolute atomic E-state index is 0.0162. The molecule has 1 heterocycles. The van der Waals surface area contributed by atoms with Crippen LogP contribution in [0.15, 0.2) is 18.2 Å². The second kappa shape index (κ2) is 6.40. The van der Waals surface area contributed by atoms with Crippen molar-refractivity contribution in [2.75, 3.05) is 10.6 Å². The molecule has 1 fully saturated rings. The third-order valence-electron chi connectivity index (χ3n) is 4.67. The number of carbonyl (C=O) groups excluding carboxylic acids is 2. The van der Waals surface area contributed by atoms with Gasteiger partial charge in [0.1, 0.15) is 0 Å². The Labute approximate surface area is 134 Å². The highest BCUT2D eigenvalue weighted by atomic mass is 16.4. The lowest BCUT2D eigenvalue weighted by atomic mass is 9.81. The van der Waals surface area contributed by atoms with E-state index in [4.69, 9.17) is 5.11 Å². The lowest BCUT2D eigenvalue weighted by Gasteiger charge is -2.26. The van der Waals surface area contributed by atoms with Crippen LogP contribution in [0.2, 0.25) is 0 Å². The standard InChI is InChI=1S/C17H20N2O4/c20-15-7-5-10-4-6-13(9-14(10)19-15)18-16(21)11-2-1-3-12(8-11)17(22)23/h4,6,9,11-12H,1-3,5,7-8H2,(H,18,21)(H,19,20)(H,22,23). The highest BCUT2D eigenvalue weighted by molar-refractivity contribution is 5.97. The van der Waals surface area contributed by atoms with Gasteiger partial charge >= 0.3 is 5.97 Å². The zero-order chi connectivity index (χ0) is 16.4. The number of fused-ring (bicyclic) bond motifs is 1. The number of benzene rings is 1. The molecule has 3 N–H and O–H groups in total. The van der Waals surface area contributed by atoms with Crippen molar-refractivity contribution in [3.05, 3.63) is 23.8 Å². The zero-order valence-electron chi connectivity index (χ0n) is 12.8. The van der Waals surface area contributed by atoms with Crippen LogP contribution >= 0.6 is 0 Å². The van der Waals surface area contributed by atoms with Crippen molar-refractivity contribution in [1.29, 1.82) is 0 Å². The molecule has 1 aromatic carbocycles. The van der Waals surface area contributed by atoms with Crippen molar-refractivity contribution in [1.82, 2.24) is 0 Å². The SMILES string of the molecule is O=C1CCc2ccc(NC(=O)C3CCCC(C(=O)O)C3)cc2N1. The van der Waals surface area contributed by atoms with E-state index in [0.717, 1.165) is 24.1 Å². The van der Waals surface area contributed by atoms with E-state index in [9.17, 15) is 14.4 Å². The fraction of sp³-hybridized carbons (Fsp3) is 0.471. The Morgan fingerprint density at radius 1 is 1.17 bits per heavy atom. The molecule has 2 amide bonds. The van der Waals surface area contributed by atoms with Gasteiger partial charge in [0.2, 0.25) is 11.8 Å².